The second kappa shape index (κ2) is 7.23. The molecule has 0 radical (unpaired) electrons. The van der Waals surface area contributed by atoms with E-state index in [9.17, 15) is 9.59 Å². The van der Waals surface area contributed by atoms with E-state index in [0.29, 0.717) is 18.8 Å². The maximum absolute atomic E-state index is 12.0. The molecule has 2 aliphatic rings. The number of aryl methyl sites for hydroxylation is 1. The lowest BCUT2D eigenvalue weighted by Crippen LogP contribution is -2.44. The summed E-state index contributed by atoms with van der Waals surface area (Å²) < 4.78 is 0. The first-order valence-corrected chi connectivity index (χ1v) is 8.35. The Kier molecular flexibility index (Phi) is 5.07. The second-order valence-electron chi connectivity index (χ2n) is 6.41. The molecule has 2 fully saturated rings. The number of nitrogens with zero attached hydrogens (tertiary/aromatic N) is 2. The van der Waals surface area contributed by atoms with Gasteiger partial charge in [0.1, 0.15) is 5.82 Å². The first-order valence-electron chi connectivity index (χ1n) is 8.35. The van der Waals surface area contributed by atoms with E-state index in [2.05, 4.69) is 15.3 Å². The van der Waals surface area contributed by atoms with Gasteiger partial charge in [-0.25, -0.2) is 4.98 Å². The minimum Gasteiger partial charge on any atom is -0.353 e. The van der Waals surface area contributed by atoms with Crippen LogP contribution in [0.15, 0.2) is 10.9 Å². The Labute approximate surface area is 135 Å². The van der Waals surface area contributed by atoms with Crippen LogP contribution >= 0.6 is 0 Å². The van der Waals surface area contributed by atoms with Crippen molar-refractivity contribution in [1.82, 2.24) is 20.3 Å². The molecule has 0 atom stereocenters. The first kappa shape index (κ1) is 16.1. The Bertz CT molecular complexity index is 604. The van der Waals surface area contributed by atoms with Crippen molar-refractivity contribution in [1.29, 1.82) is 0 Å². The van der Waals surface area contributed by atoms with Crippen LogP contribution in [0.3, 0.4) is 0 Å². The van der Waals surface area contributed by atoms with Gasteiger partial charge in [0, 0.05) is 37.5 Å². The third kappa shape index (κ3) is 4.39. The van der Waals surface area contributed by atoms with Gasteiger partial charge >= 0.3 is 0 Å². The lowest BCUT2D eigenvalue weighted by molar-refractivity contribution is -0.181. The number of rotatable bonds is 5. The van der Waals surface area contributed by atoms with Gasteiger partial charge < -0.3 is 10.3 Å². The Morgan fingerprint density at radius 3 is 3.00 bits per heavy atom. The highest BCUT2D eigenvalue weighted by atomic mass is 16.7. The van der Waals surface area contributed by atoms with Crippen LogP contribution in [0, 0.1) is 6.92 Å². The molecule has 1 aliphatic heterocycles. The summed E-state index contributed by atoms with van der Waals surface area (Å²) in [6, 6.07) is 1.75. The van der Waals surface area contributed by atoms with Gasteiger partial charge in [0.25, 0.3) is 5.56 Å². The molecular formula is C16H24N4O3. The standard InChI is InChI=1S/C16H24N4O3/c1-11-17-14(10-16(22)18-11)12-8-13(9-12)19-15(21)4-6-20-5-2-3-7-23-20/h10,12-13H,2-9H2,1H3,(H,19,21)(H,17,18,22). The summed E-state index contributed by atoms with van der Waals surface area (Å²) in [6.45, 7) is 4.10. The van der Waals surface area contributed by atoms with Gasteiger partial charge in [-0.3, -0.25) is 14.4 Å². The molecule has 1 aromatic rings. The molecule has 2 heterocycles. The summed E-state index contributed by atoms with van der Waals surface area (Å²) in [5.74, 6) is 0.978. The van der Waals surface area contributed by atoms with E-state index in [-0.39, 0.29) is 23.4 Å². The molecule has 7 heteroatoms. The molecule has 126 valence electrons. The lowest BCUT2D eigenvalue weighted by Gasteiger charge is -2.35. The zero-order valence-corrected chi connectivity index (χ0v) is 13.5. The Morgan fingerprint density at radius 2 is 2.30 bits per heavy atom. The van der Waals surface area contributed by atoms with Crippen molar-refractivity contribution in [3.63, 3.8) is 0 Å². The van der Waals surface area contributed by atoms with Crippen LogP contribution in [0.4, 0.5) is 0 Å². The Hall–Kier alpha value is -1.73. The normalized spacial score (nSPS) is 24.9. The average molecular weight is 320 g/mol. The lowest BCUT2D eigenvalue weighted by atomic mass is 9.78. The number of H-pyrrole nitrogens is 1. The highest BCUT2D eigenvalue weighted by Crippen LogP contribution is 2.35. The van der Waals surface area contributed by atoms with Crippen molar-refractivity contribution in [2.24, 2.45) is 0 Å². The van der Waals surface area contributed by atoms with Gasteiger partial charge in [0.2, 0.25) is 5.91 Å². The van der Waals surface area contributed by atoms with Crippen LogP contribution in [0.2, 0.25) is 0 Å². The van der Waals surface area contributed by atoms with Crippen LogP contribution in [0.25, 0.3) is 0 Å². The largest absolute Gasteiger partial charge is 0.353 e. The predicted octanol–water partition coefficient (Wildman–Crippen LogP) is 0.858. The molecule has 7 nitrogen and oxygen atoms in total. The fraction of sp³-hybridized carbons (Fsp3) is 0.688. The maximum atomic E-state index is 12.0. The van der Waals surface area contributed by atoms with Gasteiger partial charge in [-0.2, -0.15) is 5.06 Å². The number of hydrogen-bond donors (Lipinski definition) is 2. The van der Waals surface area contributed by atoms with E-state index in [0.717, 1.165) is 44.5 Å². The highest BCUT2D eigenvalue weighted by molar-refractivity contribution is 5.76. The zero-order valence-electron chi connectivity index (χ0n) is 13.5. The van der Waals surface area contributed by atoms with Crippen molar-refractivity contribution in [2.75, 3.05) is 19.7 Å². The molecule has 1 aliphatic carbocycles. The number of hydrogen-bond acceptors (Lipinski definition) is 5. The van der Waals surface area contributed by atoms with Gasteiger partial charge in [-0.1, -0.05) is 0 Å². The molecule has 0 bridgehead atoms. The van der Waals surface area contributed by atoms with Crippen molar-refractivity contribution in [2.45, 2.75) is 51.0 Å². The Balaban J connectivity index is 1.39. The minimum absolute atomic E-state index is 0.0673. The molecule has 0 unspecified atom stereocenters. The maximum Gasteiger partial charge on any atom is 0.251 e. The average Bonchev–Trinajstić information content (AvgIpc) is 2.48. The number of hydroxylamine groups is 2. The molecule has 2 N–H and O–H groups in total. The number of aromatic nitrogens is 2. The summed E-state index contributed by atoms with van der Waals surface area (Å²) in [5.41, 5.74) is 0.722. The number of amides is 1. The van der Waals surface area contributed by atoms with Crippen molar-refractivity contribution in [3.8, 4) is 0 Å². The summed E-state index contributed by atoms with van der Waals surface area (Å²) in [7, 11) is 0. The molecule has 1 saturated heterocycles. The quantitative estimate of drug-likeness (QED) is 0.840. The van der Waals surface area contributed by atoms with Crippen molar-refractivity contribution >= 4 is 5.91 Å². The third-order valence-corrected chi connectivity index (χ3v) is 4.47. The van der Waals surface area contributed by atoms with Crippen LogP contribution in [-0.2, 0) is 9.63 Å². The number of aromatic amines is 1. The second-order valence-corrected chi connectivity index (χ2v) is 6.41. The van der Waals surface area contributed by atoms with E-state index in [4.69, 9.17) is 4.84 Å². The van der Waals surface area contributed by atoms with Crippen LogP contribution < -0.4 is 10.9 Å². The first-order chi connectivity index (χ1) is 11.1. The number of carbonyl (C=O) groups excluding carboxylic acids is 1. The van der Waals surface area contributed by atoms with E-state index in [1.807, 2.05) is 5.06 Å². The molecule has 23 heavy (non-hydrogen) atoms. The topological polar surface area (TPSA) is 87.3 Å². The van der Waals surface area contributed by atoms with E-state index in [1.165, 1.54) is 0 Å². The van der Waals surface area contributed by atoms with Gasteiger partial charge in [0.15, 0.2) is 0 Å². The van der Waals surface area contributed by atoms with E-state index in [1.54, 1.807) is 13.0 Å². The minimum atomic E-state index is -0.110. The van der Waals surface area contributed by atoms with Crippen LogP contribution in [-0.4, -0.2) is 46.7 Å². The zero-order chi connectivity index (χ0) is 16.2. The van der Waals surface area contributed by atoms with Gasteiger partial charge in [-0.05, 0) is 32.6 Å². The predicted molar refractivity (Wildman–Crippen MR) is 84.9 cm³/mol. The molecule has 1 amide bonds. The smallest absolute Gasteiger partial charge is 0.251 e. The van der Waals surface area contributed by atoms with Crippen molar-refractivity contribution < 1.29 is 9.63 Å². The summed E-state index contributed by atoms with van der Waals surface area (Å²) >= 11 is 0. The van der Waals surface area contributed by atoms with Crippen LogP contribution in [0.5, 0.6) is 0 Å². The summed E-state index contributed by atoms with van der Waals surface area (Å²) in [4.78, 5) is 36.0. The molecular weight excluding hydrogens is 296 g/mol. The number of nitrogens with one attached hydrogen (secondary N) is 2. The molecule has 0 spiro atoms. The third-order valence-electron chi connectivity index (χ3n) is 4.47. The fourth-order valence-electron chi connectivity index (χ4n) is 3.14. The number of carbonyl (C=O) groups is 1. The van der Waals surface area contributed by atoms with Crippen LogP contribution in [0.1, 0.15) is 49.5 Å². The van der Waals surface area contributed by atoms with E-state index >= 15 is 0 Å². The van der Waals surface area contributed by atoms with Gasteiger partial charge in [0.05, 0.1) is 12.3 Å². The summed E-state index contributed by atoms with van der Waals surface area (Å²) in [5, 5.41) is 4.93. The fourth-order valence-corrected chi connectivity index (χ4v) is 3.14. The molecule has 0 aromatic carbocycles. The molecule has 1 aromatic heterocycles. The highest BCUT2D eigenvalue weighted by Gasteiger charge is 2.32. The molecule has 1 saturated carbocycles. The Morgan fingerprint density at radius 1 is 1.48 bits per heavy atom. The summed E-state index contributed by atoms with van der Waals surface area (Å²) in [6.07, 6.45) is 4.39. The van der Waals surface area contributed by atoms with Gasteiger partial charge in [-0.15, -0.1) is 0 Å². The van der Waals surface area contributed by atoms with E-state index < -0.39 is 0 Å². The SMILES string of the molecule is Cc1nc(C2CC(NC(=O)CCN3CCCCO3)C2)cc(=O)[nH]1. The monoisotopic (exact) mass is 320 g/mol. The molecule has 3 rings (SSSR count). The van der Waals surface area contributed by atoms with Crippen molar-refractivity contribution in [3.05, 3.63) is 27.9 Å².